The van der Waals surface area contributed by atoms with Crippen molar-refractivity contribution in [3.63, 3.8) is 0 Å². The van der Waals surface area contributed by atoms with Gasteiger partial charge in [-0.05, 0) is 74.7 Å². The number of aromatic nitrogens is 1. The number of nitrogens with one attached hydrogen (secondary N) is 2. The van der Waals surface area contributed by atoms with E-state index in [4.69, 9.17) is 15.6 Å². The lowest BCUT2D eigenvalue weighted by Crippen LogP contribution is -2.58. The fraction of sp³-hybridized carbons (Fsp3) is 0.629. The highest BCUT2D eigenvalue weighted by atomic mass is 32.1. The summed E-state index contributed by atoms with van der Waals surface area (Å²) in [4.78, 5) is 58.3. The lowest BCUT2D eigenvalue weighted by atomic mass is 9.85. The van der Waals surface area contributed by atoms with E-state index in [1.54, 1.807) is 11.3 Å². The number of hydrogen-bond acceptors (Lipinski definition) is 9. The van der Waals surface area contributed by atoms with Crippen molar-refractivity contribution in [3.05, 3.63) is 41.0 Å². The number of nitrogens with two attached hydrogens (primary N) is 1. The summed E-state index contributed by atoms with van der Waals surface area (Å²) in [5.41, 5.74) is 9.89. The molecule has 2 aromatic rings. The maximum Gasteiger partial charge on any atom is 0.490 e. The number of aliphatic carboxylic acids is 1. The number of benzene rings is 1. The van der Waals surface area contributed by atoms with Crippen LogP contribution in [0.15, 0.2) is 29.8 Å². The number of aryl methyl sites for hydroxylation is 1. The normalized spacial score (nSPS) is 19.2. The number of hydrogen-bond donors (Lipinski definition) is 5. The minimum atomic E-state index is -5.08. The van der Waals surface area contributed by atoms with Crippen LogP contribution in [0.1, 0.15) is 70.6 Å². The smallest absolute Gasteiger partial charge is 0.475 e. The van der Waals surface area contributed by atoms with Crippen LogP contribution < -0.4 is 16.4 Å². The molecule has 0 radical (unpaired) electrons. The lowest BCUT2D eigenvalue weighted by Gasteiger charge is -2.36. The van der Waals surface area contributed by atoms with Gasteiger partial charge in [0.2, 0.25) is 17.7 Å². The molecular formula is C35H51F3N6O6S. The molecule has 2 fully saturated rings. The van der Waals surface area contributed by atoms with Gasteiger partial charge in [-0.3, -0.25) is 14.4 Å². The molecule has 12 nitrogen and oxygen atoms in total. The van der Waals surface area contributed by atoms with Gasteiger partial charge in [0, 0.05) is 32.5 Å². The molecule has 0 unspecified atom stereocenters. The Morgan fingerprint density at radius 2 is 1.73 bits per heavy atom. The first-order chi connectivity index (χ1) is 23.9. The summed E-state index contributed by atoms with van der Waals surface area (Å²) in [6.45, 7) is 11.4. The second-order valence-electron chi connectivity index (χ2n) is 14.2. The second kappa shape index (κ2) is 18.8. The zero-order chi connectivity index (χ0) is 37.9. The molecule has 0 aliphatic carbocycles. The van der Waals surface area contributed by atoms with Crippen molar-refractivity contribution in [1.82, 2.24) is 25.4 Å². The van der Waals surface area contributed by atoms with E-state index < -0.39 is 35.7 Å². The Balaban J connectivity index is 0.000000908. The van der Waals surface area contributed by atoms with Crippen LogP contribution in [0.25, 0.3) is 10.4 Å². The number of halogens is 3. The molecule has 51 heavy (non-hydrogen) atoms. The molecule has 4 rings (SSSR count). The Hall–Kier alpha value is -3.60. The zero-order valence-electron chi connectivity index (χ0n) is 29.7. The average Bonchev–Trinajstić information content (AvgIpc) is 3.69. The van der Waals surface area contributed by atoms with E-state index in [1.165, 1.54) is 11.3 Å². The van der Waals surface area contributed by atoms with Gasteiger partial charge in [0.15, 0.2) is 0 Å². The van der Waals surface area contributed by atoms with E-state index in [1.807, 2.05) is 57.5 Å². The Kier molecular flexibility index (Phi) is 15.4. The zero-order valence-corrected chi connectivity index (χ0v) is 30.5. The SMILES string of the molecule is Cc1ncsc1-c1ccc(CNC(=O)[C@@H]2C[C@@H](O)CN2C(=O)[C@@H](NC(=O)CCN2CCC(CCCN)CC2)C(C)(C)C)cc1.O=C(O)C(F)(F)F. The minimum absolute atomic E-state index is 0.0569. The number of thiazole rings is 1. The third-order valence-electron chi connectivity index (χ3n) is 9.13. The summed E-state index contributed by atoms with van der Waals surface area (Å²) in [5.74, 6) is -2.88. The van der Waals surface area contributed by atoms with Gasteiger partial charge >= 0.3 is 12.1 Å². The van der Waals surface area contributed by atoms with Crippen LogP contribution in [0, 0.1) is 18.3 Å². The summed E-state index contributed by atoms with van der Waals surface area (Å²) in [6, 6.07) is 6.34. The molecule has 6 N–H and O–H groups in total. The summed E-state index contributed by atoms with van der Waals surface area (Å²) in [6.07, 6.45) is -0.930. The molecule has 0 spiro atoms. The number of carbonyl (C=O) groups excluding carboxylic acids is 3. The van der Waals surface area contributed by atoms with Crippen molar-refractivity contribution < 1.29 is 42.6 Å². The fourth-order valence-electron chi connectivity index (χ4n) is 6.18. The van der Waals surface area contributed by atoms with Crippen LogP contribution in [0.2, 0.25) is 0 Å². The Labute approximate surface area is 301 Å². The fourth-order valence-corrected chi connectivity index (χ4v) is 6.99. The molecule has 16 heteroatoms. The molecule has 2 aliphatic rings. The highest BCUT2D eigenvalue weighted by Crippen LogP contribution is 2.29. The predicted octanol–water partition coefficient (Wildman–Crippen LogP) is 3.70. The number of alkyl halides is 3. The van der Waals surface area contributed by atoms with Gasteiger partial charge < -0.3 is 36.4 Å². The largest absolute Gasteiger partial charge is 0.490 e. The lowest BCUT2D eigenvalue weighted by molar-refractivity contribution is -0.192. The number of carboxylic acid groups (broad SMARTS) is 1. The van der Waals surface area contributed by atoms with Crippen LogP contribution in [-0.4, -0.2) is 106 Å². The van der Waals surface area contributed by atoms with E-state index in [0.717, 1.165) is 60.6 Å². The van der Waals surface area contributed by atoms with Gasteiger partial charge in [-0.15, -0.1) is 11.3 Å². The Morgan fingerprint density at radius 3 is 2.25 bits per heavy atom. The Morgan fingerprint density at radius 1 is 1.10 bits per heavy atom. The molecule has 3 amide bonds. The van der Waals surface area contributed by atoms with E-state index >= 15 is 0 Å². The molecule has 2 aliphatic heterocycles. The number of amides is 3. The van der Waals surface area contributed by atoms with E-state index in [9.17, 15) is 32.7 Å². The van der Waals surface area contributed by atoms with Crippen molar-refractivity contribution in [2.24, 2.45) is 17.1 Å². The monoisotopic (exact) mass is 740 g/mol. The number of β-amino-alcohol motifs (C(OH)–C–C–N with tert-alkyl or cyclic N) is 1. The molecule has 2 saturated heterocycles. The van der Waals surface area contributed by atoms with Crippen molar-refractivity contribution in [3.8, 4) is 10.4 Å². The van der Waals surface area contributed by atoms with Gasteiger partial charge in [-0.1, -0.05) is 45.0 Å². The van der Waals surface area contributed by atoms with Crippen LogP contribution in [0.5, 0.6) is 0 Å². The highest BCUT2D eigenvalue weighted by molar-refractivity contribution is 7.13. The van der Waals surface area contributed by atoms with Crippen molar-refractivity contribution in [2.75, 3.05) is 32.7 Å². The van der Waals surface area contributed by atoms with Crippen LogP contribution >= 0.6 is 11.3 Å². The number of rotatable bonds is 12. The average molecular weight is 741 g/mol. The van der Waals surface area contributed by atoms with E-state index in [2.05, 4.69) is 20.5 Å². The van der Waals surface area contributed by atoms with Gasteiger partial charge in [-0.2, -0.15) is 13.2 Å². The molecule has 3 atom stereocenters. The molecule has 1 aromatic carbocycles. The highest BCUT2D eigenvalue weighted by Gasteiger charge is 2.44. The molecule has 284 valence electrons. The second-order valence-corrected chi connectivity index (χ2v) is 15.1. The first-order valence-corrected chi connectivity index (χ1v) is 18.1. The first kappa shape index (κ1) is 41.8. The molecule has 0 bridgehead atoms. The van der Waals surface area contributed by atoms with Crippen LogP contribution in [0.3, 0.4) is 0 Å². The summed E-state index contributed by atoms with van der Waals surface area (Å²) < 4.78 is 31.7. The topological polar surface area (TPSA) is 178 Å². The standard InChI is InChI=1S/C33H50N6O4S.C2HF3O2/c1-22-29(44-21-36-22)25-9-7-24(8-10-25)19-35-31(42)27-18-26(40)20-39(27)32(43)30(33(2,3)4)37-28(41)13-17-38-15-11-23(12-16-38)6-5-14-34;3-2(4,5)1(6)7/h7-10,21,23,26-27,30,40H,5-6,11-20,34H2,1-4H3,(H,35,42)(H,37,41);(H,6,7)/t26-,27+,30-;/m1./s1. The predicted molar refractivity (Wildman–Crippen MR) is 187 cm³/mol. The van der Waals surface area contributed by atoms with E-state index in [-0.39, 0.29) is 30.7 Å². The number of piperidine rings is 1. The maximum absolute atomic E-state index is 13.9. The van der Waals surface area contributed by atoms with Crippen molar-refractivity contribution >= 4 is 35.0 Å². The quantitative estimate of drug-likeness (QED) is 0.217. The first-order valence-electron chi connectivity index (χ1n) is 17.2. The number of nitrogens with zero attached hydrogens (tertiary/aromatic N) is 3. The molecule has 1 aromatic heterocycles. The van der Waals surface area contributed by atoms with Crippen LogP contribution in [0.4, 0.5) is 13.2 Å². The Bertz CT molecular complexity index is 1460. The molecule has 0 saturated carbocycles. The van der Waals surface area contributed by atoms with E-state index in [0.29, 0.717) is 25.4 Å². The summed E-state index contributed by atoms with van der Waals surface area (Å²) in [7, 11) is 0. The third kappa shape index (κ3) is 12.8. The summed E-state index contributed by atoms with van der Waals surface area (Å²) >= 11 is 1.59. The molecular weight excluding hydrogens is 689 g/mol. The minimum Gasteiger partial charge on any atom is -0.475 e. The number of carboxylic acids is 1. The van der Waals surface area contributed by atoms with Crippen molar-refractivity contribution in [2.45, 2.75) is 97.1 Å². The maximum atomic E-state index is 13.9. The van der Waals surface area contributed by atoms with Gasteiger partial charge in [-0.25, -0.2) is 9.78 Å². The number of aliphatic hydroxyl groups excluding tert-OH is 1. The van der Waals surface area contributed by atoms with Crippen molar-refractivity contribution in [1.29, 1.82) is 0 Å². The number of aliphatic hydroxyl groups is 1. The number of likely N-dealkylation sites (tertiary alicyclic amines) is 2. The van der Waals surface area contributed by atoms with Gasteiger partial charge in [0.25, 0.3) is 0 Å². The third-order valence-corrected chi connectivity index (χ3v) is 10.1. The van der Waals surface area contributed by atoms with Gasteiger partial charge in [0.05, 0.1) is 22.2 Å². The number of carbonyl (C=O) groups is 4. The van der Waals surface area contributed by atoms with Gasteiger partial charge in [0.1, 0.15) is 12.1 Å². The summed E-state index contributed by atoms with van der Waals surface area (Å²) in [5, 5.41) is 23.5. The molecule has 3 heterocycles. The van der Waals surface area contributed by atoms with Crippen LogP contribution in [-0.2, 0) is 25.7 Å².